The summed E-state index contributed by atoms with van der Waals surface area (Å²) in [6.07, 6.45) is -0.444. The van der Waals surface area contributed by atoms with Crippen molar-refractivity contribution >= 4 is 5.91 Å². The quantitative estimate of drug-likeness (QED) is 0.645. The van der Waals surface area contributed by atoms with Gasteiger partial charge >= 0.3 is 0 Å². The lowest BCUT2D eigenvalue weighted by atomic mass is 10.4. The molecule has 0 saturated carbocycles. The minimum atomic E-state index is -0.444. The van der Waals surface area contributed by atoms with Crippen molar-refractivity contribution in [2.24, 2.45) is 5.73 Å². The average molecular weight is 147 g/mol. The Kier molecular flexibility index (Phi) is 10.2. The van der Waals surface area contributed by atoms with Gasteiger partial charge in [-0.2, -0.15) is 0 Å². The van der Waals surface area contributed by atoms with E-state index in [0.717, 1.165) is 0 Å². The third-order valence-electron chi connectivity index (χ3n) is 0.817. The first-order chi connectivity index (χ1) is 4.68. The molecule has 1 unspecified atom stereocenters. The van der Waals surface area contributed by atoms with Crippen LogP contribution in [0.15, 0.2) is 0 Å². The van der Waals surface area contributed by atoms with E-state index < -0.39 is 12.0 Å². The van der Waals surface area contributed by atoms with Gasteiger partial charge in [0.1, 0.15) is 6.10 Å². The van der Waals surface area contributed by atoms with E-state index in [0.29, 0.717) is 6.61 Å². The molecule has 1 amide bonds. The van der Waals surface area contributed by atoms with Gasteiger partial charge in [-0.05, 0) is 13.8 Å². The molecule has 0 aliphatic carbocycles. The van der Waals surface area contributed by atoms with Crippen molar-refractivity contribution in [1.29, 1.82) is 0 Å². The molecule has 0 aromatic heterocycles. The fraction of sp³-hybridized carbons (Fsp3) is 0.857. The minimum Gasteiger partial charge on any atom is -0.369 e. The van der Waals surface area contributed by atoms with E-state index in [1.165, 1.54) is 0 Å². The monoisotopic (exact) mass is 147 g/mol. The molecule has 3 heteroatoms. The summed E-state index contributed by atoms with van der Waals surface area (Å²) in [6, 6.07) is 0. The summed E-state index contributed by atoms with van der Waals surface area (Å²) in [5.41, 5.74) is 4.86. The maximum Gasteiger partial charge on any atom is 0.246 e. The van der Waals surface area contributed by atoms with Crippen LogP contribution in [0.5, 0.6) is 0 Å². The molecule has 0 aromatic carbocycles. The summed E-state index contributed by atoms with van der Waals surface area (Å²) in [4.78, 5) is 10.2. The number of primary amides is 1. The highest BCUT2D eigenvalue weighted by molar-refractivity contribution is 5.78. The Labute approximate surface area is 62.5 Å². The van der Waals surface area contributed by atoms with Crippen molar-refractivity contribution in [2.45, 2.75) is 33.8 Å². The van der Waals surface area contributed by atoms with Gasteiger partial charge < -0.3 is 10.5 Å². The van der Waals surface area contributed by atoms with E-state index >= 15 is 0 Å². The molecule has 3 nitrogen and oxygen atoms in total. The fourth-order valence-electron chi connectivity index (χ4n) is 0.332. The van der Waals surface area contributed by atoms with Gasteiger partial charge in [-0.15, -0.1) is 0 Å². The summed E-state index contributed by atoms with van der Waals surface area (Å²) in [6.45, 7) is 7.98. The summed E-state index contributed by atoms with van der Waals surface area (Å²) >= 11 is 0. The zero-order valence-corrected chi connectivity index (χ0v) is 7.18. The van der Waals surface area contributed by atoms with E-state index in [9.17, 15) is 4.79 Å². The molecular weight excluding hydrogens is 130 g/mol. The molecule has 0 saturated heterocycles. The van der Waals surface area contributed by atoms with Crippen LogP contribution < -0.4 is 5.73 Å². The van der Waals surface area contributed by atoms with Gasteiger partial charge in [0.2, 0.25) is 5.91 Å². The van der Waals surface area contributed by atoms with Gasteiger partial charge in [0.15, 0.2) is 0 Å². The topological polar surface area (TPSA) is 52.3 Å². The molecule has 10 heavy (non-hydrogen) atoms. The molecule has 0 heterocycles. The van der Waals surface area contributed by atoms with Gasteiger partial charge in [-0.25, -0.2) is 0 Å². The molecule has 0 fully saturated rings. The number of carbonyl (C=O) groups excluding carboxylic acids is 1. The molecule has 0 bridgehead atoms. The predicted octanol–water partition coefficient (Wildman–Crippen LogP) is 0.923. The second kappa shape index (κ2) is 8.43. The summed E-state index contributed by atoms with van der Waals surface area (Å²) < 4.78 is 4.83. The number of carbonyl (C=O) groups is 1. The molecule has 0 spiro atoms. The summed E-state index contributed by atoms with van der Waals surface area (Å²) in [5, 5.41) is 0. The lowest BCUT2D eigenvalue weighted by Gasteiger charge is -2.04. The van der Waals surface area contributed by atoms with Crippen molar-refractivity contribution in [3.05, 3.63) is 0 Å². The van der Waals surface area contributed by atoms with Crippen LogP contribution in [0.25, 0.3) is 0 Å². The molecule has 0 aliphatic heterocycles. The van der Waals surface area contributed by atoms with Crippen molar-refractivity contribution in [3.63, 3.8) is 0 Å². The Morgan fingerprint density at radius 1 is 1.60 bits per heavy atom. The minimum absolute atomic E-state index is 0.410. The fourth-order valence-corrected chi connectivity index (χ4v) is 0.332. The standard InChI is InChI=1S/C5H11NO2.C2H6/c1-3-8-4(2)5(6)7;1-2/h4H,3H2,1-2H3,(H2,6,7);1-2H3. The smallest absolute Gasteiger partial charge is 0.246 e. The van der Waals surface area contributed by atoms with Crippen molar-refractivity contribution < 1.29 is 9.53 Å². The molecule has 0 rings (SSSR count). The van der Waals surface area contributed by atoms with E-state index in [1.54, 1.807) is 6.92 Å². The average Bonchev–Trinajstić information content (AvgIpc) is 1.93. The number of hydrogen-bond acceptors (Lipinski definition) is 2. The second-order valence-corrected chi connectivity index (χ2v) is 1.50. The molecule has 0 aliphatic rings. The van der Waals surface area contributed by atoms with E-state index in [2.05, 4.69) is 0 Å². The maximum absolute atomic E-state index is 10.2. The Hall–Kier alpha value is -0.570. The van der Waals surface area contributed by atoms with Crippen LogP contribution in [-0.4, -0.2) is 18.6 Å². The van der Waals surface area contributed by atoms with E-state index in [4.69, 9.17) is 10.5 Å². The summed E-state index contributed by atoms with van der Waals surface area (Å²) in [5.74, 6) is -0.410. The third kappa shape index (κ3) is 7.43. The zero-order valence-electron chi connectivity index (χ0n) is 7.18. The summed E-state index contributed by atoms with van der Waals surface area (Å²) in [7, 11) is 0. The van der Waals surface area contributed by atoms with Gasteiger partial charge in [0.25, 0.3) is 0 Å². The maximum atomic E-state index is 10.2. The first kappa shape index (κ1) is 12.1. The molecular formula is C7H17NO2. The highest BCUT2D eigenvalue weighted by atomic mass is 16.5. The van der Waals surface area contributed by atoms with E-state index in [-0.39, 0.29) is 0 Å². The number of rotatable bonds is 3. The van der Waals surface area contributed by atoms with Crippen LogP contribution >= 0.6 is 0 Å². The molecule has 2 N–H and O–H groups in total. The number of ether oxygens (including phenoxy) is 1. The van der Waals surface area contributed by atoms with Gasteiger partial charge in [-0.1, -0.05) is 13.8 Å². The second-order valence-electron chi connectivity index (χ2n) is 1.50. The Balaban J connectivity index is 0. The van der Waals surface area contributed by atoms with Crippen molar-refractivity contribution in [3.8, 4) is 0 Å². The van der Waals surface area contributed by atoms with Crippen LogP contribution in [0.2, 0.25) is 0 Å². The molecule has 1 atom stereocenters. The van der Waals surface area contributed by atoms with Crippen molar-refractivity contribution in [2.75, 3.05) is 6.61 Å². The van der Waals surface area contributed by atoms with Crippen LogP contribution in [0.3, 0.4) is 0 Å². The van der Waals surface area contributed by atoms with Gasteiger partial charge in [-0.3, -0.25) is 4.79 Å². The van der Waals surface area contributed by atoms with Crippen LogP contribution in [0.4, 0.5) is 0 Å². The zero-order chi connectivity index (χ0) is 8.57. The Morgan fingerprint density at radius 3 is 2.10 bits per heavy atom. The lowest BCUT2D eigenvalue weighted by Crippen LogP contribution is -2.27. The third-order valence-corrected chi connectivity index (χ3v) is 0.817. The SMILES string of the molecule is CC.CCOC(C)C(N)=O. The van der Waals surface area contributed by atoms with Crippen molar-refractivity contribution in [1.82, 2.24) is 0 Å². The number of nitrogens with two attached hydrogens (primary N) is 1. The molecule has 0 radical (unpaired) electrons. The largest absolute Gasteiger partial charge is 0.369 e. The predicted molar refractivity (Wildman–Crippen MR) is 41.6 cm³/mol. The number of amides is 1. The molecule has 62 valence electrons. The highest BCUT2D eigenvalue weighted by Gasteiger charge is 2.05. The first-order valence-electron chi connectivity index (χ1n) is 3.59. The van der Waals surface area contributed by atoms with Gasteiger partial charge in [0.05, 0.1) is 0 Å². The molecule has 0 aromatic rings. The highest BCUT2D eigenvalue weighted by Crippen LogP contribution is 1.85. The van der Waals surface area contributed by atoms with Gasteiger partial charge in [0, 0.05) is 6.61 Å². The lowest BCUT2D eigenvalue weighted by molar-refractivity contribution is -0.128. The number of hydrogen-bond donors (Lipinski definition) is 1. The first-order valence-corrected chi connectivity index (χ1v) is 3.59. The van der Waals surface area contributed by atoms with E-state index in [1.807, 2.05) is 20.8 Å². The normalized spacial score (nSPS) is 11.2. The van der Waals surface area contributed by atoms with Crippen LogP contribution in [0.1, 0.15) is 27.7 Å². The Morgan fingerprint density at radius 2 is 2.00 bits per heavy atom. The van der Waals surface area contributed by atoms with Crippen LogP contribution in [-0.2, 0) is 9.53 Å². The van der Waals surface area contributed by atoms with Crippen LogP contribution in [0, 0.1) is 0 Å². The Bertz CT molecular complexity index is 83.7.